The van der Waals surface area contributed by atoms with E-state index in [1.54, 1.807) is 42.7 Å². The second-order valence-electron chi connectivity index (χ2n) is 5.98. The van der Waals surface area contributed by atoms with Crippen molar-refractivity contribution in [2.24, 2.45) is 0 Å². The minimum Gasteiger partial charge on any atom is -0.383 e. The van der Waals surface area contributed by atoms with Gasteiger partial charge in [-0.1, -0.05) is 46.6 Å². The van der Waals surface area contributed by atoms with E-state index in [4.69, 9.17) is 27.7 Å². The first-order valence-electron chi connectivity index (χ1n) is 8.23. The number of pyridine rings is 1. The first-order chi connectivity index (χ1) is 13.1. The lowest BCUT2D eigenvalue weighted by atomic mass is 9.95. The number of hydrogen-bond acceptors (Lipinski definition) is 4. The molecule has 4 aromatic rings. The van der Waals surface area contributed by atoms with Crippen LogP contribution in [0.5, 0.6) is 0 Å². The number of hydrogen-bond donors (Lipinski definition) is 1. The molecule has 27 heavy (non-hydrogen) atoms. The predicted molar refractivity (Wildman–Crippen MR) is 106 cm³/mol. The van der Waals surface area contributed by atoms with Gasteiger partial charge >= 0.3 is 0 Å². The number of benzene rings is 2. The Hall–Kier alpha value is -2.66. The Morgan fingerprint density at radius 1 is 0.852 bits per heavy atom. The smallest absolute Gasteiger partial charge is 0.173 e. The van der Waals surface area contributed by atoms with Crippen molar-refractivity contribution < 1.29 is 9.63 Å². The van der Waals surface area contributed by atoms with Crippen molar-refractivity contribution in [3.05, 3.63) is 94.2 Å². The summed E-state index contributed by atoms with van der Waals surface area (Å²) < 4.78 is 5.64. The van der Waals surface area contributed by atoms with Crippen LogP contribution >= 0.6 is 23.2 Å². The molecule has 4 nitrogen and oxygen atoms in total. The molecule has 0 bridgehead atoms. The summed E-state index contributed by atoms with van der Waals surface area (Å²) in [6.07, 6.45) is 2.32. The molecule has 0 fully saturated rings. The maximum atomic E-state index is 11.1. The second-order valence-corrected chi connectivity index (χ2v) is 6.85. The molecule has 0 saturated carbocycles. The van der Waals surface area contributed by atoms with Crippen molar-refractivity contribution in [2.45, 2.75) is 6.10 Å². The summed E-state index contributed by atoms with van der Waals surface area (Å²) in [6, 6.07) is 18.0. The Labute approximate surface area is 166 Å². The molecule has 0 aliphatic rings. The van der Waals surface area contributed by atoms with E-state index in [9.17, 15) is 5.11 Å². The van der Waals surface area contributed by atoms with Crippen LogP contribution in [0.3, 0.4) is 0 Å². The van der Waals surface area contributed by atoms with Crippen molar-refractivity contribution in [3.8, 4) is 22.6 Å². The summed E-state index contributed by atoms with van der Waals surface area (Å²) in [5.41, 5.74) is 3.32. The van der Waals surface area contributed by atoms with Crippen LogP contribution in [0.25, 0.3) is 22.6 Å². The lowest BCUT2D eigenvalue weighted by molar-refractivity contribution is 0.220. The van der Waals surface area contributed by atoms with Gasteiger partial charge in [-0.15, -0.1) is 0 Å². The molecular weight excluding hydrogens is 383 g/mol. The third-order valence-electron chi connectivity index (χ3n) is 4.23. The molecule has 2 aromatic carbocycles. The molecule has 6 heteroatoms. The molecule has 1 N–H and O–H groups in total. The summed E-state index contributed by atoms with van der Waals surface area (Å²) in [6.45, 7) is 0. The van der Waals surface area contributed by atoms with Gasteiger partial charge in [0.15, 0.2) is 5.76 Å². The zero-order valence-corrected chi connectivity index (χ0v) is 15.5. The molecule has 2 aromatic heterocycles. The minimum atomic E-state index is -0.957. The average Bonchev–Trinajstić information content (AvgIpc) is 3.14. The highest BCUT2D eigenvalue weighted by Crippen LogP contribution is 2.39. The SMILES string of the molecule is OC(c1cccnc1)c1c(-c2ccc(Cl)cc2)noc1-c1ccc(Cl)cc1. The molecule has 1 atom stereocenters. The number of halogens is 2. The van der Waals surface area contributed by atoms with Gasteiger partial charge in [-0.2, -0.15) is 0 Å². The van der Waals surface area contributed by atoms with Gasteiger partial charge in [0.1, 0.15) is 11.8 Å². The van der Waals surface area contributed by atoms with Crippen LogP contribution in [-0.4, -0.2) is 15.2 Å². The quantitative estimate of drug-likeness (QED) is 0.473. The summed E-state index contributed by atoms with van der Waals surface area (Å²) in [5.74, 6) is 0.480. The summed E-state index contributed by atoms with van der Waals surface area (Å²) in [7, 11) is 0. The van der Waals surface area contributed by atoms with Gasteiger partial charge in [-0.05, 0) is 42.5 Å². The molecule has 4 rings (SSSR count). The van der Waals surface area contributed by atoms with E-state index in [0.717, 1.165) is 11.1 Å². The molecule has 1 unspecified atom stereocenters. The topological polar surface area (TPSA) is 59.2 Å². The Morgan fingerprint density at radius 2 is 1.48 bits per heavy atom. The summed E-state index contributed by atoms with van der Waals surface area (Å²) in [4.78, 5) is 4.10. The van der Waals surface area contributed by atoms with Crippen molar-refractivity contribution in [1.82, 2.24) is 10.1 Å². The lowest BCUT2D eigenvalue weighted by Gasteiger charge is -2.12. The maximum Gasteiger partial charge on any atom is 0.173 e. The fourth-order valence-corrected chi connectivity index (χ4v) is 3.13. The van der Waals surface area contributed by atoms with Crippen LogP contribution in [0.15, 0.2) is 77.6 Å². The number of aromatic nitrogens is 2. The van der Waals surface area contributed by atoms with Gasteiger partial charge in [-0.25, -0.2) is 0 Å². The van der Waals surface area contributed by atoms with Gasteiger partial charge < -0.3 is 9.63 Å². The van der Waals surface area contributed by atoms with Gasteiger partial charge in [0.05, 0.1) is 5.56 Å². The average molecular weight is 397 g/mol. The minimum absolute atomic E-state index is 0.480. The Morgan fingerprint density at radius 3 is 2.07 bits per heavy atom. The normalized spacial score (nSPS) is 12.1. The monoisotopic (exact) mass is 396 g/mol. The second kappa shape index (κ2) is 7.53. The highest BCUT2D eigenvalue weighted by Gasteiger charge is 2.26. The molecule has 2 heterocycles. The molecule has 0 amide bonds. The van der Waals surface area contributed by atoms with Gasteiger partial charge in [0, 0.05) is 39.1 Å². The lowest BCUT2D eigenvalue weighted by Crippen LogP contribution is -2.02. The maximum absolute atomic E-state index is 11.1. The van der Waals surface area contributed by atoms with E-state index in [-0.39, 0.29) is 0 Å². The van der Waals surface area contributed by atoms with E-state index in [1.807, 2.05) is 30.3 Å². The predicted octanol–water partition coefficient (Wildman–Crippen LogP) is 5.79. The fourth-order valence-electron chi connectivity index (χ4n) is 2.88. The molecule has 0 aliphatic carbocycles. The molecule has 0 spiro atoms. The number of aliphatic hydroxyl groups is 1. The van der Waals surface area contributed by atoms with E-state index in [0.29, 0.717) is 32.6 Å². The van der Waals surface area contributed by atoms with Crippen LogP contribution in [0.1, 0.15) is 17.2 Å². The van der Waals surface area contributed by atoms with Gasteiger partial charge in [-0.3, -0.25) is 4.98 Å². The van der Waals surface area contributed by atoms with Crippen LogP contribution in [0, 0.1) is 0 Å². The van der Waals surface area contributed by atoms with E-state index >= 15 is 0 Å². The Bertz CT molecular complexity index is 983. The third kappa shape index (κ3) is 3.60. The molecular formula is C21H14Cl2N2O2. The van der Waals surface area contributed by atoms with E-state index in [2.05, 4.69) is 10.1 Å². The van der Waals surface area contributed by atoms with Crippen molar-refractivity contribution in [3.63, 3.8) is 0 Å². The summed E-state index contributed by atoms with van der Waals surface area (Å²) in [5, 5.41) is 16.5. The highest BCUT2D eigenvalue weighted by molar-refractivity contribution is 6.30. The van der Waals surface area contributed by atoms with Gasteiger partial charge in [0.2, 0.25) is 0 Å². The zero-order valence-electron chi connectivity index (χ0n) is 14.0. The number of aliphatic hydroxyl groups excluding tert-OH is 1. The largest absolute Gasteiger partial charge is 0.383 e. The Balaban J connectivity index is 1.89. The van der Waals surface area contributed by atoms with E-state index in [1.165, 1.54) is 0 Å². The van der Waals surface area contributed by atoms with Crippen LogP contribution < -0.4 is 0 Å². The van der Waals surface area contributed by atoms with Crippen molar-refractivity contribution in [2.75, 3.05) is 0 Å². The first-order valence-corrected chi connectivity index (χ1v) is 8.98. The first kappa shape index (κ1) is 17.7. The number of nitrogens with zero attached hydrogens (tertiary/aromatic N) is 2. The van der Waals surface area contributed by atoms with Gasteiger partial charge in [0.25, 0.3) is 0 Å². The van der Waals surface area contributed by atoms with Crippen LogP contribution in [-0.2, 0) is 0 Å². The van der Waals surface area contributed by atoms with Crippen LogP contribution in [0.2, 0.25) is 10.0 Å². The third-order valence-corrected chi connectivity index (χ3v) is 4.73. The van der Waals surface area contributed by atoms with Crippen molar-refractivity contribution >= 4 is 23.2 Å². The number of rotatable bonds is 4. The summed E-state index contributed by atoms with van der Waals surface area (Å²) >= 11 is 12.0. The van der Waals surface area contributed by atoms with E-state index < -0.39 is 6.10 Å². The zero-order chi connectivity index (χ0) is 18.8. The molecule has 134 valence electrons. The fraction of sp³-hybridized carbons (Fsp3) is 0.0476. The van der Waals surface area contributed by atoms with Crippen molar-refractivity contribution in [1.29, 1.82) is 0 Å². The molecule has 0 radical (unpaired) electrons. The van der Waals surface area contributed by atoms with Crippen LogP contribution in [0.4, 0.5) is 0 Å². The highest BCUT2D eigenvalue weighted by atomic mass is 35.5. The standard InChI is InChI=1S/C21H14Cl2N2O2/c22-16-7-3-13(4-8-16)19-18(20(26)15-2-1-11-24-12-15)21(27-25-19)14-5-9-17(23)10-6-14/h1-12,20,26H. The molecule has 0 aliphatic heterocycles. The molecule has 0 saturated heterocycles. The Kier molecular flexibility index (Phi) is 4.94.